The summed E-state index contributed by atoms with van der Waals surface area (Å²) >= 11 is 0. The molecule has 1 aromatic heterocycles. The van der Waals surface area contributed by atoms with Gasteiger partial charge in [-0.15, -0.1) is 0 Å². The van der Waals surface area contributed by atoms with Crippen molar-refractivity contribution in [2.45, 2.75) is 57.6 Å². The largest absolute Gasteiger partial charge is 0.376 e. The summed E-state index contributed by atoms with van der Waals surface area (Å²) in [5.74, 6) is 0. The Morgan fingerprint density at radius 1 is 1.35 bits per heavy atom. The zero-order valence-corrected chi connectivity index (χ0v) is 11.7. The molecule has 0 amide bonds. The van der Waals surface area contributed by atoms with Crippen LogP contribution in [0.15, 0.2) is 10.9 Å². The molecule has 0 saturated carbocycles. The van der Waals surface area contributed by atoms with Gasteiger partial charge in [-0.1, -0.05) is 0 Å². The lowest BCUT2D eigenvalue weighted by Crippen LogP contribution is -2.33. The van der Waals surface area contributed by atoms with Crippen LogP contribution < -0.4 is 5.56 Å². The first-order valence-corrected chi connectivity index (χ1v) is 7.52. The maximum absolute atomic E-state index is 12.6. The van der Waals surface area contributed by atoms with E-state index in [-0.39, 0.29) is 18.1 Å². The van der Waals surface area contributed by atoms with Crippen molar-refractivity contribution in [1.82, 2.24) is 4.57 Å². The molecule has 20 heavy (non-hydrogen) atoms. The zero-order chi connectivity index (χ0) is 13.9. The van der Waals surface area contributed by atoms with Crippen LogP contribution in [-0.2, 0) is 30.5 Å². The van der Waals surface area contributed by atoms with E-state index in [2.05, 4.69) is 6.07 Å². The van der Waals surface area contributed by atoms with Gasteiger partial charge in [0, 0.05) is 17.9 Å². The van der Waals surface area contributed by atoms with Crippen LogP contribution in [0.1, 0.15) is 42.5 Å². The number of aromatic nitrogens is 1. The van der Waals surface area contributed by atoms with Gasteiger partial charge in [-0.3, -0.25) is 4.79 Å². The number of nitrogens with zero attached hydrogens (tertiary/aromatic N) is 2. The maximum atomic E-state index is 12.6. The highest BCUT2D eigenvalue weighted by atomic mass is 16.5. The van der Waals surface area contributed by atoms with Gasteiger partial charge < -0.3 is 9.30 Å². The first-order chi connectivity index (χ1) is 9.79. The van der Waals surface area contributed by atoms with Gasteiger partial charge in [0.25, 0.3) is 5.56 Å². The number of hydrogen-bond acceptors (Lipinski definition) is 3. The quantitative estimate of drug-likeness (QED) is 0.845. The van der Waals surface area contributed by atoms with Crippen LogP contribution in [0.3, 0.4) is 0 Å². The first kappa shape index (κ1) is 13.4. The Hall–Kier alpha value is -1.60. The molecule has 1 saturated heterocycles. The molecule has 106 valence electrons. The maximum Gasteiger partial charge on any atom is 0.255 e. The Bertz CT molecular complexity index is 592. The highest BCUT2D eigenvalue weighted by molar-refractivity contribution is 5.30. The standard InChI is InChI=1S/C16H20N2O2/c17-8-7-13-10-12-4-1-2-6-15(12)18(16(13)19)11-14-5-3-9-20-14/h10,14H,1-7,9,11H2. The molecule has 1 aliphatic carbocycles. The SMILES string of the molecule is N#CCc1cc2c(n(CC3CCCO3)c1=O)CCCC2. The lowest BCUT2D eigenvalue weighted by molar-refractivity contribution is 0.0951. The van der Waals surface area contributed by atoms with E-state index in [1.165, 1.54) is 17.7 Å². The van der Waals surface area contributed by atoms with Crippen molar-refractivity contribution in [3.8, 4) is 6.07 Å². The van der Waals surface area contributed by atoms with Crippen LogP contribution in [0.4, 0.5) is 0 Å². The van der Waals surface area contributed by atoms with Gasteiger partial charge >= 0.3 is 0 Å². The van der Waals surface area contributed by atoms with Crippen molar-refractivity contribution in [2.75, 3.05) is 6.61 Å². The third kappa shape index (κ3) is 2.51. The van der Waals surface area contributed by atoms with E-state index >= 15 is 0 Å². The summed E-state index contributed by atoms with van der Waals surface area (Å²) in [6, 6.07) is 4.07. The Morgan fingerprint density at radius 3 is 2.95 bits per heavy atom. The molecule has 2 aliphatic rings. The number of nitriles is 1. The Kier molecular flexibility index (Phi) is 3.88. The monoisotopic (exact) mass is 272 g/mol. The molecule has 1 fully saturated rings. The molecule has 1 aromatic rings. The Morgan fingerprint density at radius 2 is 2.20 bits per heavy atom. The van der Waals surface area contributed by atoms with Crippen LogP contribution >= 0.6 is 0 Å². The summed E-state index contributed by atoms with van der Waals surface area (Å²) in [5.41, 5.74) is 3.10. The number of fused-ring (bicyclic) bond motifs is 1. The van der Waals surface area contributed by atoms with Crippen LogP contribution in [0.2, 0.25) is 0 Å². The molecule has 0 aromatic carbocycles. The van der Waals surface area contributed by atoms with Crippen LogP contribution in [0.25, 0.3) is 0 Å². The minimum absolute atomic E-state index is 0.0164. The van der Waals surface area contributed by atoms with Crippen molar-refractivity contribution in [1.29, 1.82) is 5.26 Å². The predicted octanol–water partition coefficient (Wildman–Crippen LogP) is 1.97. The highest BCUT2D eigenvalue weighted by Crippen LogP contribution is 2.22. The Labute approximate surface area is 119 Å². The number of hydrogen-bond donors (Lipinski definition) is 0. The van der Waals surface area contributed by atoms with E-state index in [9.17, 15) is 4.79 Å². The van der Waals surface area contributed by atoms with Gasteiger partial charge in [0.2, 0.25) is 0 Å². The molecule has 4 heteroatoms. The van der Waals surface area contributed by atoms with Gasteiger partial charge in [-0.05, 0) is 50.2 Å². The average molecular weight is 272 g/mol. The predicted molar refractivity (Wildman–Crippen MR) is 75.6 cm³/mol. The molecule has 2 heterocycles. The number of ether oxygens (including phenoxy) is 1. The highest BCUT2D eigenvalue weighted by Gasteiger charge is 2.22. The fourth-order valence-corrected chi connectivity index (χ4v) is 3.34. The summed E-state index contributed by atoms with van der Waals surface area (Å²) in [5, 5.41) is 8.90. The zero-order valence-electron chi connectivity index (χ0n) is 11.7. The topological polar surface area (TPSA) is 55.0 Å². The van der Waals surface area contributed by atoms with E-state index in [4.69, 9.17) is 10.00 Å². The van der Waals surface area contributed by atoms with E-state index < -0.39 is 0 Å². The third-order valence-corrected chi connectivity index (χ3v) is 4.35. The fraction of sp³-hybridized carbons (Fsp3) is 0.625. The molecular weight excluding hydrogens is 252 g/mol. The summed E-state index contributed by atoms with van der Waals surface area (Å²) in [7, 11) is 0. The second-order valence-electron chi connectivity index (χ2n) is 5.73. The van der Waals surface area contributed by atoms with Crippen LogP contribution in [0, 0.1) is 11.3 Å². The molecule has 1 aliphatic heterocycles. The molecule has 1 unspecified atom stereocenters. The second kappa shape index (κ2) is 5.80. The van der Waals surface area contributed by atoms with Gasteiger partial charge in [0.1, 0.15) is 0 Å². The second-order valence-corrected chi connectivity index (χ2v) is 5.73. The van der Waals surface area contributed by atoms with Crippen molar-refractivity contribution in [3.05, 3.63) is 33.2 Å². The molecule has 0 bridgehead atoms. The minimum atomic E-state index is 0.0164. The lowest BCUT2D eigenvalue weighted by atomic mass is 9.93. The molecule has 4 nitrogen and oxygen atoms in total. The van der Waals surface area contributed by atoms with E-state index in [0.717, 1.165) is 38.7 Å². The lowest BCUT2D eigenvalue weighted by Gasteiger charge is -2.23. The summed E-state index contributed by atoms with van der Waals surface area (Å²) in [6.07, 6.45) is 6.81. The third-order valence-electron chi connectivity index (χ3n) is 4.35. The normalized spacial score (nSPS) is 21.4. The average Bonchev–Trinajstić information content (AvgIpc) is 2.97. The van der Waals surface area contributed by atoms with Gasteiger partial charge in [-0.2, -0.15) is 5.26 Å². The molecule has 0 spiro atoms. The molecule has 0 radical (unpaired) electrons. The van der Waals surface area contributed by atoms with Crippen molar-refractivity contribution in [3.63, 3.8) is 0 Å². The summed E-state index contributed by atoms with van der Waals surface area (Å²) in [6.45, 7) is 1.46. The smallest absolute Gasteiger partial charge is 0.255 e. The van der Waals surface area contributed by atoms with Crippen molar-refractivity contribution >= 4 is 0 Å². The molecule has 3 rings (SSSR count). The van der Waals surface area contributed by atoms with Crippen molar-refractivity contribution < 1.29 is 4.74 Å². The Balaban J connectivity index is 2.02. The molecule has 0 N–H and O–H groups in total. The van der Waals surface area contributed by atoms with E-state index in [0.29, 0.717) is 12.1 Å². The fourth-order valence-electron chi connectivity index (χ4n) is 3.34. The van der Waals surface area contributed by atoms with Crippen molar-refractivity contribution in [2.24, 2.45) is 0 Å². The molecular formula is C16H20N2O2. The van der Waals surface area contributed by atoms with Gasteiger partial charge in [0.05, 0.1) is 25.1 Å². The van der Waals surface area contributed by atoms with Crippen LogP contribution in [0.5, 0.6) is 0 Å². The van der Waals surface area contributed by atoms with Gasteiger partial charge in [0.15, 0.2) is 0 Å². The summed E-state index contributed by atoms with van der Waals surface area (Å²) in [4.78, 5) is 12.6. The number of aryl methyl sites for hydroxylation is 1. The summed E-state index contributed by atoms with van der Waals surface area (Å²) < 4.78 is 7.58. The van der Waals surface area contributed by atoms with E-state index in [1.54, 1.807) is 0 Å². The first-order valence-electron chi connectivity index (χ1n) is 7.52. The minimum Gasteiger partial charge on any atom is -0.376 e. The number of rotatable bonds is 3. The van der Waals surface area contributed by atoms with Crippen LogP contribution in [-0.4, -0.2) is 17.3 Å². The van der Waals surface area contributed by atoms with E-state index in [1.807, 2.05) is 10.6 Å². The molecule has 1 atom stereocenters. The number of pyridine rings is 1. The van der Waals surface area contributed by atoms with Gasteiger partial charge in [-0.25, -0.2) is 0 Å².